The lowest BCUT2D eigenvalue weighted by Gasteiger charge is -2.17. The Morgan fingerprint density at radius 3 is 2.88 bits per heavy atom. The number of aromatic nitrogens is 4. The standard InChI is InChI=1S/C15H22FN5O5/c1-2-3-4-20-10-11(18-14(17)19-12(10)24)21(15(20)25)13-7(22)5-9(26-13)8(23)6-16/h7-9,13,22-23H,2-6H2,1H3,(H3,17,18,19,24)/t7-,8+,9+,13-/m1/s1. The summed E-state index contributed by atoms with van der Waals surface area (Å²) in [5.41, 5.74) is 4.45. The van der Waals surface area contributed by atoms with Crippen molar-refractivity contribution in [3.63, 3.8) is 0 Å². The summed E-state index contributed by atoms with van der Waals surface area (Å²) >= 11 is 0. The number of nitrogens with two attached hydrogens (primary N) is 1. The Morgan fingerprint density at radius 2 is 2.23 bits per heavy atom. The first-order valence-electron chi connectivity index (χ1n) is 8.47. The van der Waals surface area contributed by atoms with Gasteiger partial charge in [0.1, 0.15) is 18.9 Å². The van der Waals surface area contributed by atoms with Crippen LogP contribution in [0, 0.1) is 0 Å². The van der Waals surface area contributed by atoms with Gasteiger partial charge in [0.05, 0.1) is 6.10 Å². The van der Waals surface area contributed by atoms with Crippen molar-refractivity contribution < 1.29 is 19.3 Å². The normalized spacial score (nSPS) is 24.4. The Kier molecular flexibility index (Phi) is 5.12. The lowest BCUT2D eigenvalue weighted by molar-refractivity contribution is -0.0797. The molecule has 0 spiro atoms. The average molecular weight is 371 g/mol. The van der Waals surface area contributed by atoms with Gasteiger partial charge in [-0.3, -0.25) is 14.3 Å². The summed E-state index contributed by atoms with van der Waals surface area (Å²) < 4.78 is 20.5. The fourth-order valence-electron chi connectivity index (χ4n) is 3.21. The first-order chi connectivity index (χ1) is 12.4. The highest BCUT2D eigenvalue weighted by Crippen LogP contribution is 2.31. The molecular formula is C15H22FN5O5. The number of unbranched alkanes of at least 4 members (excludes halogenated alkanes) is 1. The van der Waals surface area contributed by atoms with Gasteiger partial charge in [-0.25, -0.2) is 13.8 Å². The number of H-pyrrole nitrogens is 1. The molecule has 26 heavy (non-hydrogen) atoms. The van der Waals surface area contributed by atoms with E-state index in [-0.39, 0.29) is 30.1 Å². The van der Waals surface area contributed by atoms with Crippen LogP contribution in [0.2, 0.25) is 0 Å². The molecular weight excluding hydrogens is 349 g/mol. The minimum atomic E-state index is -1.42. The number of aliphatic hydroxyl groups excluding tert-OH is 2. The van der Waals surface area contributed by atoms with E-state index in [9.17, 15) is 24.2 Å². The van der Waals surface area contributed by atoms with Gasteiger partial charge in [0.2, 0.25) is 5.95 Å². The molecule has 10 nitrogen and oxygen atoms in total. The van der Waals surface area contributed by atoms with E-state index in [1.54, 1.807) is 0 Å². The van der Waals surface area contributed by atoms with Crippen LogP contribution in [0.1, 0.15) is 32.4 Å². The van der Waals surface area contributed by atoms with Gasteiger partial charge in [0.25, 0.3) is 5.56 Å². The molecule has 0 saturated carbocycles. The minimum absolute atomic E-state index is 0.0215. The molecule has 2 aromatic heterocycles. The van der Waals surface area contributed by atoms with Gasteiger partial charge >= 0.3 is 5.69 Å². The number of fused-ring (bicyclic) bond motifs is 1. The molecule has 0 amide bonds. The number of nitrogens with one attached hydrogen (secondary N) is 1. The number of aromatic amines is 1. The number of aliphatic hydroxyl groups is 2. The summed E-state index contributed by atoms with van der Waals surface area (Å²) in [5, 5.41) is 19.9. The van der Waals surface area contributed by atoms with Crippen LogP contribution in [0.5, 0.6) is 0 Å². The summed E-state index contributed by atoms with van der Waals surface area (Å²) in [5.74, 6) is -0.184. The van der Waals surface area contributed by atoms with E-state index < -0.39 is 42.5 Å². The number of imidazole rings is 1. The predicted molar refractivity (Wildman–Crippen MR) is 90.4 cm³/mol. The van der Waals surface area contributed by atoms with Gasteiger partial charge in [-0.15, -0.1) is 0 Å². The van der Waals surface area contributed by atoms with E-state index in [1.165, 1.54) is 4.57 Å². The zero-order chi connectivity index (χ0) is 19.0. The Balaban J connectivity index is 2.15. The summed E-state index contributed by atoms with van der Waals surface area (Å²) in [6, 6.07) is 0. The maximum atomic E-state index is 12.9. The Labute approximate surface area is 147 Å². The molecule has 4 atom stereocenters. The largest absolute Gasteiger partial charge is 0.388 e. The molecule has 0 aromatic carbocycles. The van der Waals surface area contributed by atoms with Crippen molar-refractivity contribution >= 4 is 17.1 Å². The van der Waals surface area contributed by atoms with E-state index in [0.717, 1.165) is 11.0 Å². The maximum absolute atomic E-state index is 12.9. The summed E-state index contributed by atoms with van der Waals surface area (Å²) in [6.07, 6.45) is -3.37. The number of halogens is 1. The topological polar surface area (TPSA) is 148 Å². The van der Waals surface area contributed by atoms with E-state index in [1.807, 2.05) is 6.92 Å². The molecule has 3 rings (SSSR count). The summed E-state index contributed by atoms with van der Waals surface area (Å²) in [4.78, 5) is 31.6. The molecule has 1 aliphatic heterocycles. The Morgan fingerprint density at radius 1 is 1.50 bits per heavy atom. The van der Waals surface area contributed by atoms with Gasteiger partial charge < -0.3 is 20.7 Å². The quantitative estimate of drug-likeness (QED) is 0.522. The second-order valence-corrected chi connectivity index (χ2v) is 6.37. The van der Waals surface area contributed by atoms with Crippen LogP contribution in [0.15, 0.2) is 9.59 Å². The predicted octanol–water partition coefficient (Wildman–Crippen LogP) is -0.753. The molecule has 5 N–H and O–H groups in total. The van der Waals surface area contributed by atoms with Crippen molar-refractivity contribution in [1.82, 2.24) is 19.1 Å². The SMILES string of the molecule is CCCCn1c(=O)n([C@@H]2O[C@H]([C@@H](O)CF)C[C@H]2O)c2nc(N)[nH]c(=O)c21. The van der Waals surface area contributed by atoms with Crippen LogP contribution in [0.3, 0.4) is 0 Å². The second-order valence-electron chi connectivity index (χ2n) is 6.37. The highest BCUT2D eigenvalue weighted by Gasteiger charge is 2.41. The maximum Gasteiger partial charge on any atom is 0.332 e. The van der Waals surface area contributed by atoms with E-state index in [4.69, 9.17) is 10.5 Å². The lowest BCUT2D eigenvalue weighted by atomic mass is 10.1. The number of anilines is 1. The average Bonchev–Trinajstić information content (AvgIpc) is 3.09. The summed E-state index contributed by atoms with van der Waals surface area (Å²) in [7, 11) is 0. The monoisotopic (exact) mass is 371 g/mol. The molecule has 1 fully saturated rings. The van der Waals surface area contributed by atoms with Crippen molar-refractivity contribution in [3.05, 3.63) is 20.8 Å². The molecule has 0 unspecified atom stereocenters. The van der Waals surface area contributed by atoms with Crippen LogP contribution in [-0.2, 0) is 11.3 Å². The molecule has 0 aliphatic carbocycles. The third-order valence-corrected chi connectivity index (χ3v) is 4.52. The number of rotatable bonds is 6. The first kappa shape index (κ1) is 18.5. The van der Waals surface area contributed by atoms with Crippen molar-refractivity contribution in [3.8, 4) is 0 Å². The third-order valence-electron chi connectivity index (χ3n) is 4.52. The first-order valence-corrected chi connectivity index (χ1v) is 8.47. The van der Waals surface area contributed by atoms with Crippen LogP contribution < -0.4 is 17.0 Å². The molecule has 3 heterocycles. The van der Waals surface area contributed by atoms with Crippen molar-refractivity contribution in [1.29, 1.82) is 0 Å². The highest BCUT2D eigenvalue weighted by molar-refractivity contribution is 5.71. The third kappa shape index (κ3) is 3.02. The van der Waals surface area contributed by atoms with Crippen molar-refractivity contribution in [2.45, 2.75) is 57.3 Å². The van der Waals surface area contributed by atoms with Crippen LogP contribution in [0.25, 0.3) is 11.2 Å². The fraction of sp³-hybridized carbons (Fsp3) is 0.667. The molecule has 2 aromatic rings. The van der Waals surface area contributed by atoms with Gasteiger partial charge in [-0.1, -0.05) is 13.3 Å². The van der Waals surface area contributed by atoms with Gasteiger partial charge in [-0.2, -0.15) is 4.98 Å². The number of nitrogen functional groups attached to an aromatic ring is 1. The van der Waals surface area contributed by atoms with Gasteiger partial charge in [0, 0.05) is 13.0 Å². The Bertz CT molecular complexity index is 906. The number of ether oxygens (including phenoxy) is 1. The van der Waals surface area contributed by atoms with E-state index in [0.29, 0.717) is 6.42 Å². The minimum Gasteiger partial charge on any atom is -0.388 e. The number of nitrogens with zero attached hydrogens (tertiary/aromatic N) is 3. The van der Waals surface area contributed by atoms with Crippen LogP contribution in [0.4, 0.5) is 10.3 Å². The van der Waals surface area contributed by atoms with Crippen molar-refractivity contribution in [2.24, 2.45) is 0 Å². The lowest BCUT2D eigenvalue weighted by Crippen LogP contribution is -2.32. The van der Waals surface area contributed by atoms with E-state index >= 15 is 0 Å². The number of alkyl halides is 1. The highest BCUT2D eigenvalue weighted by atomic mass is 19.1. The molecule has 1 aliphatic rings. The second kappa shape index (κ2) is 7.17. The molecule has 0 bridgehead atoms. The Hall–Kier alpha value is -2.24. The molecule has 0 radical (unpaired) electrons. The number of hydrogen-bond acceptors (Lipinski definition) is 7. The van der Waals surface area contributed by atoms with Gasteiger partial charge in [0.15, 0.2) is 17.4 Å². The smallest absolute Gasteiger partial charge is 0.332 e. The molecule has 144 valence electrons. The van der Waals surface area contributed by atoms with Crippen molar-refractivity contribution in [2.75, 3.05) is 12.4 Å². The zero-order valence-electron chi connectivity index (χ0n) is 14.3. The van der Waals surface area contributed by atoms with Gasteiger partial charge in [-0.05, 0) is 6.42 Å². The van der Waals surface area contributed by atoms with Crippen LogP contribution in [-0.4, -0.2) is 54.3 Å². The molecule has 11 heteroatoms. The number of aryl methyl sites for hydroxylation is 1. The number of hydrogen-bond donors (Lipinski definition) is 4. The van der Waals surface area contributed by atoms with Crippen LogP contribution >= 0.6 is 0 Å². The molecule has 1 saturated heterocycles. The fourth-order valence-corrected chi connectivity index (χ4v) is 3.21. The zero-order valence-corrected chi connectivity index (χ0v) is 14.3. The van der Waals surface area contributed by atoms with E-state index in [2.05, 4.69) is 9.97 Å². The summed E-state index contributed by atoms with van der Waals surface area (Å²) in [6.45, 7) is 1.19.